The summed E-state index contributed by atoms with van der Waals surface area (Å²) in [4.78, 5) is 12.9. The first-order valence-corrected chi connectivity index (χ1v) is 9.79. The predicted molar refractivity (Wildman–Crippen MR) is 106 cm³/mol. The van der Waals surface area contributed by atoms with Crippen molar-refractivity contribution in [1.29, 1.82) is 0 Å². The van der Waals surface area contributed by atoms with Crippen molar-refractivity contribution in [1.82, 2.24) is 19.2 Å². The van der Waals surface area contributed by atoms with E-state index in [1.54, 1.807) is 34.5 Å². The van der Waals surface area contributed by atoms with Crippen molar-refractivity contribution in [3.05, 3.63) is 69.5 Å². The molecule has 2 aromatic carbocycles. The van der Waals surface area contributed by atoms with Gasteiger partial charge in [-0.15, -0.1) is 10.2 Å². The van der Waals surface area contributed by atoms with E-state index in [1.807, 2.05) is 29.5 Å². The molecule has 0 saturated carbocycles. The van der Waals surface area contributed by atoms with Crippen LogP contribution >= 0.6 is 23.4 Å². The molecule has 0 spiro atoms. The number of hydrogen-bond acceptors (Lipinski definition) is 4. The van der Waals surface area contributed by atoms with E-state index in [-0.39, 0.29) is 5.56 Å². The molecule has 0 atom stereocenters. The number of fused-ring (bicyclic) bond motifs is 3. The molecule has 2 heterocycles. The minimum atomic E-state index is -0.0574. The lowest BCUT2D eigenvalue weighted by molar-refractivity contribution is 0.662. The van der Waals surface area contributed by atoms with Crippen molar-refractivity contribution >= 4 is 40.0 Å². The lowest BCUT2D eigenvalue weighted by atomic mass is 10.2. The van der Waals surface area contributed by atoms with Gasteiger partial charge in [0.25, 0.3) is 5.56 Å². The van der Waals surface area contributed by atoms with E-state index in [9.17, 15) is 4.79 Å². The highest BCUT2D eigenvalue weighted by Gasteiger charge is 2.17. The minimum Gasteiger partial charge on any atom is -0.276 e. The van der Waals surface area contributed by atoms with Crippen molar-refractivity contribution in [3.63, 3.8) is 0 Å². The Kier molecular flexibility index (Phi) is 4.70. The highest BCUT2D eigenvalue weighted by Crippen LogP contribution is 2.26. The largest absolute Gasteiger partial charge is 0.276 e. The molecule has 132 valence electrons. The number of halogens is 1. The molecule has 26 heavy (non-hydrogen) atoms. The number of aryl methyl sites for hydroxylation is 1. The molecule has 0 fully saturated rings. The first-order valence-electron chi connectivity index (χ1n) is 8.43. The Bertz CT molecular complexity index is 1140. The van der Waals surface area contributed by atoms with Crippen LogP contribution in [0.25, 0.3) is 16.7 Å². The maximum Gasteiger partial charge on any atom is 0.262 e. The third kappa shape index (κ3) is 2.99. The summed E-state index contributed by atoms with van der Waals surface area (Å²) in [5.41, 5.74) is 1.89. The molecular formula is C19H17ClN4OS. The Morgan fingerprint density at radius 1 is 1.12 bits per heavy atom. The van der Waals surface area contributed by atoms with Crippen LogP contribution in [0, 0.1) is 0 Å². The van der Waals surface area contributed by atoms with E-state index in [4.69, 9.17) is 11.6 Å². The number of nitrogens with zero attached hydrogens (tertiary/aromatic N) is 4. The maximum absolute atomic E-state index is 12.9. The maximum atomic E-state index is 12.9. The normalized spacial score (nSPS) is 11.5. The summed E-state index contributed by atoms with van der Waals surface area (Å²) in [6.07, 6.45) is 0.841. The van der Waals surface area contributed by atoms with E-state index in [0.29, 0.717) is 22.7 Å². The molecule has 0 bridgehead atoms. The van der Waals surface area contributed by atoms with E-state index in [1.165, 1.54) is 5.56 Å². The van der Waals surface area contributed by atoms with Crippen LogP contribution in [-0.4, -0.2) is 19.2 Å². The molecule has 0 unspecified atom stereocenters. The first kappa shape index (κ1) is 17.1. The van der Waals surface area contributed by atoms with Crippen molar-refractivity contribution in [2.75, 3.05) is 0 Å². The van der Waals surface area contributed by atoms with Crippen LogP contribution in [0.4, 0.5) is 0 Å². The summed E-state index contributed by atoms with van der Waals surface area (Å²) in [5.74, 6) is 1.33. The fraction of sp³-hybridized carbons (Fsp3) is 0.211. The summed E-state index contributed by atoms with van der Waals surface area (Å²) in [6, 6.07) is 15.5. The molecule has 0 N–H and O–H groups in total. The van der Waals surface area contributed by atoms with Gasteiger partial charge in [0, 0.05) is 17.3 Å². The monoisotopic (exact) mass is 384 g/mol. The van der Waals surface area contributed by atoms with Crippen LogP contribution in [0.15, 0.2) is 58.5 Å². The van der Waals surface area contributed by atoms with Gasteiger partial charge in [-0.25, -0.2) is 0 Å². The Balaban J connectivity index is 1.90. The Hall–Kier alpha value is -2.31. The second-order valence-corrected chi connectivity index (χ2v) is 7.39. The topological polar surface area (TPSA) is 52.2 Å². The summed E-state index contributed by atoms with van der Waals surface area (Å²) in [7, 11) is 0. The molecule has 4 aromatic rings. The van der Waals surface area contributed by atoms with E-state index < -0.39 is 0 Å². The number of hydrogen-bond donors (Lipinski definition) is 0. The summed E-state index contributed by atoms with van der Waals surface area (Å²) < 4.78 is 3.63. The zero-order valence-corrected chi connectivity index (χ0v) is 15.8. The average Bonchev–Trinajstić information content (AvgIpc) is 3.08. The van der Waals surface area contributed by atoms with Gasteiger partial charge in [0.05, 0.1) is 10.9 Å². The van der Waals surface area contributed by atoms with Gasteiger partial charge in [0.1, 0.15) is 0 Å². The van der Waals surface area contributed by atoms with Crippen molar-refractivity contribution in [2.24, 2.45) is 0 Å². The molecule has 0 aliphatic rings. The van der Waals surface area contributed by atoms with Gasteiger partial charge in [-0.1, -0.05) is 60.6 Å². The Morgan fingerprint density at radius 2 is 1.92 bits per heavy atom. The molecule has 0 aliphatic heterocycles. The van der Waals surface area contributed by atoms with Gasteiger partial charge in [-0.3, -0.25) is 13.8 Å². The first-order chi connectivity index (χ1) is 12.7. The second-order valence-electron chi connectivity index (χ2n) is 6.01. The van der Waals surface area contributed by atoms with Gasteiger partial charge < -0.3 is 0 Å². The molecule has 5 nitrogen and oxygen atoms in total. The number of rotatable bonds is 5. The highest BCUT2D eigenvalue weighted by atomic mass is 35.5. The van der Waals surface area contributed by atoms with Crippen LogP contribution in [-0.2, 0) is 12.3 Å². The number of aromatic nitrogens is 4. The van der Waals surface area contributed by atoms with E-state index in [2.05, 4.69) is 22.3 Å². The molecule has 0 aliphatic carbocycles. The smallest absolute Gasteiger partial charge is 0.262 e. The van der Waals surface area contributed by atoms with Gasteiger partial charge in [0.15, 0.2) is 5.16 Å². The predicted octanol–water partition coefficient (Wildman–Crippen LogP) is 4.40. The van der Waals surface area contributed by atoms with Gasteiger partial charge in [-0.2, -0.15) is 0 Å². The van der Waals surface area contributed by atoms with Crippen LogP contribution < -0.4 is 5.56 Å². The molecule has 0 amide bonds. The molecule has 4 rings (SSSR count). The SMILES string of the molecule is CCCn1c(=O)c2ccc(Cl)cc2n2c(SCc3ccccc3)nnc12. The fourth-order valence-corrected chi connectivity index (χ4v) is 4.06. The molecule has 2 aromatic heterocycles. The molecule has 0 radical (unpaired) electrons. The lowest BCUT2D eigenvalue weighted by Crippen LogP contribution is -2.23. The third-order valence-electron chi connectivity index (χ3n) is 4.19. The quantitative estimate of drug-likeness (QED) is 0.478. The van der Waals surface area contributed by atoms with Crippen molar-refractivity contribution in [2.45, 2.75) is 30.8 Å². The van der Waals surface area contributed by atoms with E-state index in [0.717, 1.165) is 22.8 Å². The van der Waals surface area contributed by atoms with Crippen molar-refractivity contribution in [3.8, 4) is 0 Å². The second kappa shape index (κ2) is 7.13. The van der Waals surface area contributed by atoms with Crippen LogP contribution in [0.3, 0.4) is 0 Å². The Morgan fingerprint density at radius 3 is 2.69 bits per heavy atom. The van der Waals surface area contributed by atoms with Crippen molar-refractivity contribution < 1.29 is 0 Å². The van der Waals surface area contributed by atoms with E-state index >= 15 is 0 Å². The van der Waals surface area contributed by atoms with Crippen LogP contribution in [0.1, 0.15) is 18.9 Å². The highest BCUT2D eigenvalue weighted by molar-refractivity contribution is 7.98. The zero-order chi connectivity index (χ0) is 18.1. The Labute approximate surface area is 159 Å². The van der Waals surface area contributed by atoms with Gasteiger partial charge >= 0.3 is 0 Å². The van der Waals surface area contributed by atoms with Crippen LogP contribution in [0.5, 0.6) is 0 Å². The van der Waals surface area contributed by atoms with Crippen LogP contribution in [0.2, 0.25) is 5.02 Å². The summed E-state index contributed by atoms with van der Waals surface area (Å²) >= 11 is 7.79. The van der Waals surface area contributed by atoms with Gasteiger partial charge in [-0.05, 0) is 30.2 Å². The lowest BCUT2D eigenvalue weighted by Gasteiger charge is -2.10. The molecule has 0 saturated heterocycles. The minimum absolute atomic E-state index is 0.0574. The number of thioether (sulfide) groups is 1. The molecular weight excluding hydrogens is 368 g/mol. The fourth-order valence-electron chi connectivity index (χ4n) is 3.00. The third-order valence-corrected chi connectivity index (χ3v) is 5.43. The zero-order valence-electron chi connectivity index (χ0n) is 14.2. The number of benzene rings is 2. The average molecular weight is 385 g/mol. The standard InChI is InChI=1S/C19H17ClN4OS/c1-2-10-23-17(25)15-9-8-14(20)11-16(15)24-18(23)21-22-19(24)26-12-13-6-4-3-5-7-13/h3-9,11H,2,10,12H2,1H3. The summed E-state index contributed by atoms with van der Waals surface area (Å²) in [6.45, 7) is 2.64. The molecule has 7 heteroatoms. The summed E-state index contributed by atoms with van der Waals surface area (Å²) in [5, 5.41) is 10.6. The van der Waals surface area contributed by atoms with Gasteiger partial charge in [0.2, 0.25) is 5.78 Å².